The summed E-state index contributed by atoms with van der Waals surface area (Å²) in [5.74, 6) is -1.65. The molecule has 0 aliphatic heterocycles. The highest BCUT2D eigenvalue weighted by atomic mass is 79.9. The molecule has 0 bridgehead atoms. The number of halogens is 3. The van der Waals surface area contributed by atoms with E-state index >= 15 is 0 Å². The first-order valence-electron chi connectivity index (χ1n) is 5.84. The zero-order valence-electron chi connectivity index (χ0n) is 10.3. The molecule has 5 heteroatoms. The summed E-state index contributed by atoms with van der Waals surface area (Å²) in [6.45, 7) is 2.50. The van der Waals surface area contributed by atoms with Crippen molar-refractivity contribution in [3.05, 3.63) is 63.9 Å². The van der Waals surface area contributed by atoms with Gasteiger partial charge in [0.2, 0.25) is 0 Å². The summed E-state index contributed by atoms with van der Waals surface area (Å²) in [7, 11) is 0. The monoisotopic (exact) mass is 326 g/mol. The molecule has 1 heterocycles. The molecule has 1 N–H and O–H groups in total. The first-order valence-corrected chi connectivity index (χ1v) is 6.63. The predicted molar refractivity (Wildman–Crippen MR) is 73.5 cm³/mol. The van der Waals surface area contributed by atoms with Crippen LogP contribution in [0.25, 0.3) is 0 Å². The predicted octanol–water partition coefficient (Wildman–Crippen LogP) is 3.97. The minimum absolute atomic E-state index is 0.0749. The Bertz CT molecular complexity index is 575. The van der Waals surface area contributed by atoms with Crippen molar-refractivity contribution < 1.29 is 8.78 Å². The van der Waals surface area contributed by atoms with Gasteiger partial charge in [-0.15, -0.1) is 0 Å². The molecule has 1 unspecified atom stereocenters. The van der Waals surface area contributed by atoms with Gasteiger partial charge in [0.15, 0.2) is 11.6 Å². The molecule has 19 heavy (non-hydrogen) atoms. The van der Waals surface area contributed by atoms with E-state index in [0.717, 1.165) is 16.1 Å². The van der Waals surface area contributed by atoms with Crippen LogP contribution in [0.1, 0.15) is 24.1 Å². The lowest BCUT2D eigenvalue weighted by Gasteiger charge is -2.14. The first kappa shape index (κ1) is 14.1. The average Bonchev–Trinajstić information content (AvgIpc) is 2.39. The fourth-order valence-corrected chi connectivity index (χ4v) is 2.14. The number of aromatic nitrogens is 1. The van der Waals surface area contributed by atoms with Gasteiger partial charge in [-0.1, -0.05) is 6.07 Å². The summed E-state index contributed by atoms with van der Waals surface area (Å²) in [5.41, 5.74) is 1.73. The summed E-state index contributed by atoms with van der Waals surface area (Å²) in [5, 5.41) is 3.24. The zero-order valence-corrected chi connectivity index (χ0v) is 11.9. The zero-order chi connectivity index (χ0) is 13.8. The number of nitrogens with zero attached hydrogens (tertiary/aromatic N) is 1. The van der Waals surface area contributed by atoms with Crippen molar-refractivity contribution in [3.8, 4) is 0 Å². The van der Waals surface area contributed by atoms with Crippen LogP contribution in [0.5, 0.6) is 0 Å². The van der Waals surface area contributed by atoms with E-state index in [9.17, 15) is 8.78 Å². The van der Waals surface area contributed by atoms with Crippen LogP contribution in [0.15, 0.2) is 41.1 Å². The van der Waals surface area contributed by atoms with Crippen LogP contribution < -0.4 is 5.32 Å². The normalized spacial score (nSPS) is 12.4. The number of hydrogen-bond acceptors (Lipinski definition) is 2. The van der Waals surface area contributed by atoms with Gasteiger partial charge in [-0.2, -0.15) is 0 Å². The van der Waals surface area contributed by atoms with Gasteiger partial charge in [-0.3, -0.25) is 4.98 Å². The molecule has 0 radical (unpaired) electrons. The summed E-state index contributed by atoms with van der Waals surface area (Å²) in [4.78, 5) is 4.06. The van der Waals surface area contributed by atoms with Crippen LogP contribution in [-0.2, 0) is 6.54 Å². The summed E-state index contributed by atoms with van der Waals surface area (Å²) >= 11 is 3.35. The van der Waals surface area contributed by atoms with Gasteiger partial charge < -0.3 is 5.32 Å². The maximum Gasteiger partial charge on any atom is 0.159 e. The number of nitrogens with one attached hydrogen (secondary N) is 1. The molecule has 0 aliphatic carbocycles. The second-order valence-corrected chi connectivity index (χ2v) is 5.20. The summed E-state index contributed by atoms with van der Waals surface area (Å²) in [6.07, 6.45) is 3.47. The van der Waals surface area contributed by atoms with Crippen LogP contribution >= 0.6 is 15.9 Å². The lowest BCUT2D eigenvalue weighted by Crippen LogP contribution is -2.18. The molecular formula is C14H13BrF2N2. The van der Waals surface area contributed by atoms with Crippen LogP contribution in [0.4, 0.5) is 8.78 Å². The minimum atomic E-state index is -0.827. The van der Waals surface area contributed by atoms with E-state index in [-0.39, 0.29) is 6.04 Å². The second-order valence-electron chi connectivity index (χ2n) is 4.29. The molecular weight excluding hydrogens is 314 g/mol. The molecule has 0 fully saturated rings. The van der Waals surface area contributed by atoms with Crippen molar-refractivity contribution in [2.24, 2.45) is 0 Å². The van der Waals surface area contributed by atoms with E-state index in [1.54, 1.807) is 18.5 Å². The summed E-state index contributed by atoms with van der Waals surface area (Å²) in [6, 6.07) is 5.82. The standard InChI is InChI=1S/C14H13BrF2N2/c1-9(11-2-3-13(16)14(17)5-11)19-7-10-4-12(15)8-18-6-10/h2-6,8-9,19H,7H2,1H3. The second kappa shape index (κ2) is 6.21. The van der Waals surface area contributed by atoms with Gasteiger partial charge in [-0.25, -0.2) is 8.78 Å². The maximum absolute atomic E-state index is 13.1. The number of rotatable bonds is 4. The highest BCUT2D eigenvalue weighted by molar-refractivity contribution is 9.10. The van der Waals surface area contributed by atoms with E-state index in [1.807, 2.05) is 13.0 Å². The van der Waals surface area contributed by atoms with Crippen molar-refractivity contribution in [2.75, 3.05) is 0 Å². The van der Waals surface area contributed by atoms with Crippen LogP contribution in [0.2, 0.25) is 0 Å². The molecule has 1 aromatic heterocycles. The Kier molecular flexibility index (Phi) is 4.61. The lowest BCUT2D eigenvalue weighted by molar-refractivity contribution is 0.500. The van der Waals surface area contributed by atoms with Crippen LogP contribution in [0, 0.1) is 11.6 Å². The fourth-order valence-electron chi connectivity index (χ4n) is 1.72. The Morgan fingerprint density at radius 3 is 2.68 bits per heavy atom. The van der Waals surface area contributed by atoms with Crippen molar-refractivity contribution in [2.45, 2.75) is 19.5 Å². The van der Waals surface area contributed by atoms with Gasteiger partial charge in [0.05, 0.1) is 0 Å². The van der Waals surface area contributed by atoms with E-state index in [2.05, 4.69) is 26.2 Å². The molecule has 0 spiro atoms. The Hall–Kier alpha value is -1.33. The summed E-state index contributed by atoms with van der Waals surface area (Å²) < 4.78 is 26.9. The average molecular weight is 327 g/mol. The largest absolute Gasteiger partial charge is 0.306 e. The molecule has 0 saturated heterocycles. The van der Waals surface area contributed by atoms with Crippen molar-refractivity contribution in [3.63, 3.8) is 0 Å². The van der Waals surface area contributed by atoms with Gasteiger partial charge in [0, 0.05) is 29.5 Å². The molecule has 2 rings (SSSR count). The van der Waals surface area contributed by atoms with Gasteiger partial charge in [0.25, 0.3) is 0 Å². The Balaban J connectivity index is 2.01. The van der Waals surface area contributed by atoms with Crippen molar-refractivity contribution in [1.29, 1.82) is 0 Å². The molecule has 0 aliphatic rings. The molecule has 2 nitrogen and oxygen atoms in total. The highest BCUT2D eigenvalue weighted by Gasteiger charge is 2.09. The SMILES string of the molecule is CC(NCc1cncc(Br)c1)c1ccc(F)c(F)c1. The van der Waals surface area contributed by atoms with E-state index < -0.39 is 11.6 Å². The smallest absolute Gasteiger partial charge is 0.159 e. The minimum Gasteiger partial charge on any atom is -0.306 e. The number of benzene rings is 1. The Labute approximate surface area is 119 Å². The van der Waals surface area contributed by atoms with Gasteiger partial charge >= 0.3 is 0 Å². The fraction of sp³-hybridized carbons (Fsp3) is 0.214. The van der Waals surface area contributed by atoms with Crippen molar-refractivity contribution >= 4 is 15.9 Å². The highest BCUT2D eigenvalue weighted by Crippen LogP contribution is 2.17. The van der Waals surface area contributed by atoms with Gasteiger partial charge in [-0.05, 0) is 52.2 Å². The Morgan fingerprint density at radius 2 is 2.00 bits per heavy atom. The maximum atomic E-state index is 13.1. The third-order valence-corrected chi connectivity index (χ3v) is 3.25. The lowest BCUT2D eigenvalue weighted by atomic mass is 10.1. The Morgan fingerprint density at radius 1 is 1.21 bits per heavy atom. The molecule has 0 amide bonds. The first-order chi connectivity index (χ1) is 9.06. The van der Waals surface area contributed by atoms with E-state index in [4.69, 9.17) is 0 Å². The number of hydrogen-bond donors (Lipinski definition) is 1. The quantitative estimate of drug-likeness (QED) is 0.919. The third kappa shape index (κ3) is 3.81. The molecule has 100 valence electrons. The third-order valence-electron chi connectivity index (χ3n) is 2.82. The van der Waals surface area contributed by atoms with Crippen LogP contribution in [0.3, 0.4) is 0 Å². The molecule has 2 aromatic rings. The van der Waals surface area contributed by atoms with E-state index in [1.165, 1.54) is 6.07 Å². The molecule has 1 atom stereocenters. The number of pyridine rings is 1. The van der Waals surface area contributed by atoms with Crippen LogP contribution in [-0.4, -0.2) is 4.98 Å². The van der Waals surface area contributed by atoms with E-state index in [0.29, 0.717) is 12.1 Å². The van der Waals surface area contributed by atoms with Crippen molar-refractivity contribution in [1.82, 2.24) is 10.3 Å². The topological polar surface area (TPSA) is 24.9 Å². The molecule has 1 aromatic carbocycles. The van der Waals surface area contributed by atoms with Gasteiger partial charge in [0.1, 0.15) is 0 Å². The molecule has 0 saturated carbocycles.